The lowest BCUT2D eigenvalue weighted by molar-refractivity contribution is 0.410. The number of rotatable bonds is 4. The number of nitrogens with one attached hydrogen (secondary N) is 1. The molecule has 5 nitrogen and oxygen atoms in total. The van der Waals surface area contributed by atoms with Crippen LogP contribution >= 0.6 is 15.9 Å². The van der Waals surface area contributed by atoms with Crippen LogP contribution in [0.25, 0.3) is 33.6 Å². The van der Waals surface area contributed by atoms with Crippen molar-refractivity contribution in [3.05, 3.63) is 65.4 Å². The highest BCUT2D eigenvalue weighted by Crippen LogP contribution is 2.43. The molecular formula is C24H23BrN4O. The molecule has 0 atom stereocenters. The molecule has 2 heterocycles. The van der Waals surface area contributed by atoms with Crippen LogP contribution in [0.4, 0.5) is 5.82 Å². The van der Waals surface area contributed by atoms with Crippen molar-refractivity contribution < 1.29 is 4.42 Å². The second-order valence-electron chi connectivity index (χ2n) is 7.84. The summed E-state index contributed by atoms with van der Waals surface area (Å²) < 4.78 is 7.33. The maximum absolute atomic E-state index is 6.30. The molecule has 0 radical (unpaired) electrons. The lowest BCUT2D eigenvalue weighted by atomic mass is 9.91. The molecule has 5 rings (SSSR count). The molecule has 1 aliphatic rings. The summed E-state index contributed by atoms with van der Waals surface area (Å²) in [5, 5.41) is 4.58. The molecule has 1 aliphatic carbocycles. The predicted octanol–water partition coefficient (Wildman–Crippen LogP) is 6.00. The number of benzene rings is 2. The van der Waals surface area contributed by atoms with Crippen LogP contribution in [0.2, 0.25) is 0 Å². The van der Waals surface area contributed by atoms with Gasteiger partial charge in [0, 0.05) is 27.7 Å². The van der Waals surface area contributed by atoms with Crippen molar-refractivity contribution in [2.45, 2.75) is 37.8 Å². The molecule has 30 heavy (non-hydrogen) atoms. The number of nitrogens with zero attached hydrogens (tertiary/aromatic N) is 2. The second-order valence-corrected chi connectivity index (χ2v) is 8.75. The molecule has 2 aromatic carbocycles. The van der Waals surface area contributed by atoms with Crippen molar-refractivity contribution >= 4 is 32.8 Å². The summed E-state index contributed by atoms with van der Waals surface area (Å²) in [5.74, 6) is 1.63. The highest BCUT2D eigenvalue weighted by Gasteiger charge is 2.24. The number of halogens is 1. The van der Waals surface area contributed by atoms with Gasteiger partial charge in [0.2, 0.25) is 5.71 Å². The Morgan fingerprint density at radius 2 is 1.63 bits per heavy atom. The lowest BCUT2D eigenvalue weighted by Gasteiger charge is -2.27. The van der Waals surface area contributed by atoms with Crippen LogP contribution in [0.3, 0.4) is 0 Å². The molecule has 1 fully saturated rings. The molecule has 2 aromatic heterocycles. The minimum atomic E-state index is 0.311. The van der Waals surface area contributed by atoms with Gasteiger partial charge in [0.25, 0.3) is 0 Å². The number of hydrogen-bond donors (Lipinski definition) is 2. The van der Waals surface area contributed by atoms with Gasteiger partial charge in [-0.25, -0.2) is 9.97 Å². The minimum Gasteiger partial charge on any atom is -0.437 e. The fourth-order valence-corrected chi connectivity index (χ4v) is 4.45. The Morgan fingerprint density at radius 1 is 0.900 bits per heavy atom. The SMILES string of the molecule is NC1CCC(Nc2ncnc3oc(-c4ccc(Br)cc4)c(-c4ccccc4)c23)CC1. The van der Waals surface area contributed by atoms with Gasteiger partial charge in [-0.15, -0.1) is 0 Å². The number of aromatic nitrogens is 2. The number of nitrogens with two attached hydrogens (primary N) is 1. The highest BCUT2D eigenvalue weighted by molar-refractivity contribution is 9.10. The molecule has 3 N–H and O–H groups in total. The topological polar surface area (TPSA) is 77.0 Å². The van der Waals surface area contributed by atoms with E-state index in [2.05, 4.69) is 55.5 Å². The van der Waals surface area contributed by atoms with E-state index in [0.29, 0.717) is 17.8 Å². The summed E-state index contributed by atoms with van der Waals surface area (Å²) in [5.41, 5.74) is 9.78. The molecule has 0 spiro atoms. The highest BCUT2D eigenvalue weighted by atomic mass is 79.9. The van der Waals surface area contributed by atoms with Gasteiger partial charge in [-0.1, -0.05) is 58.4 Å². The van der Waals surface area contributed by atoms with Crippen LogP contribution in [-0.2, 0) is 0 Å². The van der Waals surface area contributed by atoms with Gasteiger partial charge < -0.3 is 15.5 Å². The zero-order chi connectivity index (χ0) is 20.5. The standard InChI is InChI=1S/C24H23BrN4O/c25-17-8-6-16(7-9-17)22-20(15-4-2-1-3-5-15)21-23(27-14-28-24(21)30-22)29-19-12-10-18(26)11-13-19/h1-9,14,18-19H,10-13,26H2,(H,27,28,29). The maximum Gasteiger partial charge on any atom is 0.232 e. The molecule has 0 bridgehead atoms. The quantitative estimate of drug-likeness (QED) is 0.388. The van der Waals surface area contributed by atoms with E-state index in [1.165, 1.54) is 0 Å². The van der Waals surface area contributed by atoms with Crippen LogP contribution < -0.4 is 11.1 Å². The van der Waals surface area contributed by atoms with E-state index < -0.39 is 0 Å². The van der Waals surface area contributed by atoms with Crippen molar-refractivity contribution in [1.29, 1.82) is 0 Å². The first kappa shape index (κ1) is 19.3. The minimum absolute atomic E-state index is 0.311. The molecular weight excluding hydrogens is 440 g/mol. The fraction of sp³-hybridized carbons (Fsp3) is 0.250. The van der Waals surface area contributed by atoms with E-state index in [1.807, 2.05) is 30.3 Å². The third-order valence-electron chi connectivity index (χ3n) is 5.77. The molecule has 0 unspecified atom stereocenters. The van der Waals surface area contributed by atoms with E-state index >= 15 is 0 Å². The van der Waals surface area contributed by atoms with Gasteiger partial charge in [-0.2, -0.15) is 0 Å². The molecule has 1 saturated carbocycles. The Hall–Kier alpha value is -2.70. The number of hydrogen-bond acceptors (Lipinski definition) is 5. The van der Waals surface area contributed by atoms with Crippen LogP contribution in [0, 0.1) is 0 Å². The fourth-order valence-electron chi connectivity index (χ4n) is 4.18. The van der Waals surface area contributed by atoms with Gasteiger partial charge in [0.1, 0.15) is 17.9 Å². The van der Waals surface area contributed by atoms with Crippen LogP contribution in [-0.4, -0.2) is 22.1 Å². The van der Waals surface area contributed by atoms with Crippen molar-refractivity contribution in [3.63, 3.8) is 0 Å². The normalized spacial score (nSPS) is 19.1. The van der Waals surface area contributed by atoms with E-state index in [0.717, 1.165) is 63.8 Å². The maximum atomic E-state index is 6.30. The van der Waals surface area contributed by atoms with Crippen molar-refractivity contribution in [1.82, 2.24) is 9.97 Å². The number of fused-ring (bicyclic) bond motifs is 1. The van der Waals surface area contributed by atoms with Gasteiger partial charge in [0.05, 0.1) is 5.39 Å². The summed E-state index contributed by atoms with van der Waals surface area (Å²) in [4.78, 5) is 9.06. The van der Waals surface area contributed by atoms with Gasteiger partial charge in [-0.05, 0) is 43.4 Å². The predicted molar refractivity (Wildman–Crippen MR) is 124 cm³/mol. The summed E-state index contributed by atoms with van der Waals surface area (Å²) in [7, 11) is 0. The smallest absolute Gasteiger partial charge is 0.232 e. The van der Waals surface area contributed by atoms with Crippen molar-refractivity contribution in [2.24, 2.45) is 5.73 Å². The van der Waals surface area contributed by atoms with E-state index in [9.17, 15) is 0 Å². The first-order valence-electron chi connectivity index (χ1n) is 10.3. The average molecular weight is 463 g/mol. The Kier molecular flexibility index (Phi) is 5.27. The molecule has 4 aromatic rings. The third kappa shape index (κ3) is 3.73. The molecule has 152 valence electrons. The Labute approximate surface area is 183 Å². The summed E-state index contributed by atoms with van der Waals surface area (Å²) in [6, 6.07) is 19.1. The largest absolute Gasteiger partial charge is 0.437 e. The van der Waals surface area contributed by atoms with E-state index in [1.54, 1.807) is 6.33 Å². The molecule has 0 aliphatic heterocycles. The van der Waals surface area contributed by atoms with Crippen LogP contribution in [0.15, 0.2) is 69.8 Å². The lowest BCUT2D eigenvalue weighted by Crippen LogP contribution is -2.33. The average Bonchev–Trinajstić information content (AvgIpc) is 3.17. The van der Waals surface area contributed by atoms with Gasteiger partial charge in [0.15, 0.2) is 0 Å². The van der Waals surface area contributed by atoms with Crippen LogP contribution in [0.5, 0.6) is 0 Å². The van der Waals surface area contributed by atoms with E-state index in [-0.39, 0.29) is 0 Å². The first-order valence-corrected chi connectivity index (χ1v) is 11.1. The summed E-state index contributed by atoms with van der Waals surface area (Å²) in [6.07, 6.45) is 5.73. The summed E-state index contributed by atoms with van der Waals surface area (Å²) in [6.45, 7) is 0. The second kappa shape index (κ2) is 8.20. The molecule has 0 amide bonds. The van der Waals surface area contributed by atoms with Gasteiger partial charge in [-0.3, -0.25) is 0 Å². The summed E-state index contributed by atoms with van der Waals surface area (Å²) >= 11 is 3.52. The molecule has 0 saturated heterocycles. The van der Waals surface area contributed by atoms with Crippen molar-refractivity contribution in [3.8, 4) is 22.5 Å². The monoisotopic (exact) mass is 462 g/mol. The Balaban J connectivity index is 1.67. The number of furan rings is 1. The Morgan fingerprint density at radius 3 is 2.37 bits per heavy atom. The van der Waals surface area contributed by atoms with Crippen LogP contribution in [0.1, 0.15) is 25.7 Å². The zero-order valence-corrected chi connectivity index (χ0v) is 18.1. The number of anilines is 1. The first-order chi connectivity index (χ1) is 14.7. The van der Waals surface area contributed by atoms with Gasteiger partial charge >= 0.3 is 0 Å². The molecule has 6 heteroatoms. The Bertz CT molecular complexity index is 1150. The zero-order valence-electron chi connectivity index (χ0n) is 16.5. The van der Waals surface area contributed by atoms with Crippen molar-refractivity contribution in [2.75, 3.05) is 5.32 Å². The van der Waals surface area contributed by atoms with E-state index in [4.69, 9.17) is 10.2 Å². The third-order valence-corrected chi connectivity index (χ3v) is 6.30.